The fraction of sp³-hybridized carbons (Fsp3) is 1.00. The van der Waals surface area contributed by atoms with Crippen LogP contribution in [0.5, 0.6) is 0 Å². The lowest BCUT2D eigenvalue weighted by Crippen LogP contribution is -2.32. The van der Waals surface area contributed by atoms with Gasteiger partial charge in [0, 0.05) is 6.04 Å². The van der Waals surface area contributed by atoms with Crippen LogP contribution in [0.25, 0.3) is 0 Å². The SMILES string of the molecule is CC(CC(N)CC(C)(C)C)C(F)(F)F. The van der Waals surface area contributed by atoms with E-state index in [4.69, 9.17) is 5.73 Å². The van der Waals surface area contributed by atoms with Crippen molar-refractivity contribution >= 4 is 0 Å². The van der Waals surface area contributed by atoms with E-state index in [0.29, 0.717) is 6.42 Å². The summed E-state index contributed by atoms with van der Waals surface area (Å²) in [5.41, 5.74) is 5.65. The summed E-state index contributed by atoms with van der Waals surface area (Å²) in [6.07, 6.45) is -3.48. The fourth-order valence-electron chi connectivity index (χ4n) is 1.46. The van der Waals surface area contributed by atoms with E-state index in [9.17, 15) is 13.2 Å². The zero-order chi connectivity index (χ0) is 11.6. The molecule has 0 amide bonds. The predicted octanol–water partition coefficient (Wildman–Crippen LogP) is 3.34. The Balaban J connectivity index is 4.01. The molecular formula is C10H20F3N. The molecule has 0 aromatic carbocycles. The molecule has 14 heavy (non-hydrogen) atoms. The van der Waals surface area contributed by atoms with E-state index in [2.05, 4.69) is 0 Å². The third-order valence-corrected chi connectivity index (χ3v) is 2.09. The van der Waals surface area contributed by atoms with Crippen molar-refractivity contribution in [2.45, 2.75) is 52.8 Å². The van der Waals surface area contributed by atoms with Gasteiger partial charge in [0.15, 0.2) is 0 Å². The Kier molecular flexibility index (Phi) is 4.43. The van der Waals surface area contributed by atoms with Gasteiger partial charge in [-0.3, -0.25) is 0 Å². The largest absolute Gasteiger partial charge is 0.391 e. The third-order valence-electron chi connectivity index (χ3n) is 2.09. The lowest BCUT2D eigenvalue weighted by atomic mass is 9.85. The van der Waals surface area contributed by atoms with Crippen molar-refractivity contribution < 1.29 is 13.2 Å². The Morgan fingerprint density at radius 3 is 1.86 bits per heavy atom. The molecular weight excluding hydrogens is 191 g/mol. The first-order valence-electron chi connectivity index (χ1n) is 4.84. The lowest BCUT2D eigenvalue weighted by molar-refractivity contribution is -0.172. The predicted molar refractivity (Wildman–Crippen MR) is 51.9 cm³/mol. The van der Waals surface area contributed by atoms with Gasteiger partial charge in [0.2, 0.25) is 0 Å². The maximum atomic E-state index is 12.2. The molecule has 86 valence electrons. The van der Waals surface area contributed by atoms with E-state index in [-0.39, 0.29) is 17.9 Å². The van der Waals surface area contributed by atoms with Crippen LogP contribution in [-0.2, 0) is 0 Å². The maximum absolute atomic E-state index is 12.2. The molecule has 0 radical (unpaired) electrons. The monoisotopic (exact) mass is 211 g/mol. The average Bonchev–Trinajstić information content (AvgIpc) is 1.79. The Bertz CT molecular complexity index is 169. The van der Waals surface area contributed by atoms with Crippen molar-refractivity contribution in [1.29, 1.82) is 0 Å². The van der Waals surface area contributed by atoms with Gasteiger partial charge in [-0.25, -0.2) is 0 Å². The summed E-state index contributed by atoms with van der Waals surface area (Å²) < 4.78 is 36.6. The minimum Gasteiger partial charge on any atom is -0.328 e. The van der Waals surface area contributed by atoms with Crippen LogP contribution >= 0.6 is 0 Å². The average molecular weight is 211 g/mol. The molecule has 0 rings (SSSR count). The minimum atomic E-state index is -4.12. The van der Waals surface area contributed by atoms with Crippen LogP contribution in [0.1, 0.15) is 40.5 Å². The van der Waals surface area contributed by atoms with Crippen molar-refractivity contribution in [3.8, 4) is 0 Å². The van der Waals surface area contributed by atoms with Gasteiger partial charge in [-0.1, -0.05) is 27.7 Å². The van der Waals surface area contributed by atoms with Gasteiger partial charge in [-0.15, -0.1) is 0 Å². The molecule has 0 saturated heterocycles. The first-order valence-corrected chi connectivity index (χ1v) is 4.84. The molecule has 0 saturated carbocycles. The van der Waals surface area contributed by atoms with Crippen molar-refractivity contribution in [2.24, 2.45) is 17.1 Å². The molecule has 0 aliphatic heterocycles. The second-order valence-corrected chi connectivity index (χ2v) is 5.20. The van der Waals surface area contributed by atoms with Crippen LogP contribution in [0.15, 0.2) is 0 Å². The molecule has 0 aromatic rings. The number of halogens is 3. The lowest BCUT2D eigenvalue weighted by Gasteiger charge is -2.26. The maximum Gasteiger partial charge on any atom is 0.391 e. The van der Waals surface area contributed by atoms with Crippen LogP contribution in [0.4, 0.5) is 13.2 Å². The Labute approximate surface area is 83.9 Å². The van der Waals surface area contributed by atoms with E-state index in [1.807, 2.05) is 20.8 Å². The molecule has 2 unspecified atom stereocenters. The third kappa shape index (κ3) is 6.24. The highest BCUT2D eigenvalue weighted by atomic mass is 19.4. The molecule has 0 fully saturated rings. The summed E-state index contributed by atoms with van der Waals surface area (Å²) in [4.78, 5) is 0. The smallest absolute Gasteiger partial charge is 0.328 e. The summed E-state index contributed by atoms with van der Waals surface area (Å²) in [6, 6.07) is -0.369. The normalized spacial score (nSPS) is 18.0. The molecule has 0 aliphatic carbocycles. The summed E-state index contributed by atoms with van der Waals surface area (Å²) in [5.74, 6) is -1.31. The molecule has 0 aromatic heterocycles. The van der Waals surface area contributed by atoms with E-state index in [1.165, 1.54) is 6.92 Å². The highest BCUT2D eigenvalue weighted by Crippen LogP contribution is 2.31. The molecule has 1 nitrogen and oxygen atoms in total. The van der Waals surface area contributed by atoms with Crippen LogP contribution in [0.2, 0.25) is 0 Å². The molecule has 0 spiro atoms. The van der Waals surface area contributed by atoms with Crippen LogP contribution in [-0.4, -0.2) is 12.2 Å². The number of hydrogen-bond acceptors (Lipinski definition) is 1. The second-order valence-electron chi connectivity index (χ2n) is 5.20. The van der Waals surface area contributed by atoms with Gasteiger partial charge < -0.3 is 5.73 Å². The zero-order valence-electron chi connectivity index (χ0n) is 9.28. The minimum absolute atomic E-state index is 0.00919. The Morgan fingerprint density at radius 2 is 1.57 bits per heavy atom. The number of nitrogens with two attached hydrogens (primary N) is 1. The highest BCUT2D eigenvalue weighted by Gasteiger charge is 2.37. The quantitative estimate of drug-likeness (QED) is 0.761. The zero-order valence-corrected chi connectivity index (χ0v) is 9.28. The number of hydrogen-bond donors (Lipinski definition) is 1. The standard InChI is InChI=1S/C10H20F3N/c1-7(10(11,12)13)5-8(14)6-9(2,3)4/h7-8H,5-6,14H2,1-4H3. The molecule has 2 N–H and O–H groups in total. The number of rotatable bonds is 3. The van der Waals surface area contributed by atoms with Gasteiger partial charge in [0.25, 0.3) is 0 Å². The van der Waals surface area contributed by atoms with Crippen molar-refractivity contribution in [1.82, 2.24) is 0 Å². The first kappa shape index (κ1) is 13.8. The summed E-state index contributed by atoms with van der Waals surface area (Å²) >= 11 is 0. The molecule has 0 bridgehead atoms. The Hall–Kier alpha value is -0.250. The second kappa shape index (κ2) is 4.51. The van der Waals surface area contributed by atoms with Crippen LogP contribution in [0.3, 0.4) is 0 Å². The van der Waals surface area contributed by atoms with Crippen LogP contribution in [0, 0.1) is 11.3 Å². The molecule has 0 aliphatic rings. The van der Waals surface area contributed by atoms with E-state index >= 15 is 0 Å². The summed E-state index contributed by atoms with van der Waals surface area (Å²) in [7, 11) is 0. The van der Waals surface area contributed by atoms with Gasteiger partial charge >= 0.3 is 6.18 Å². The van der Waals surface area contributed by atoms with Crippen molar-refractivity contribution in [3.63, 3.8) is 0 Å². The molecule has 4 heteroatoms. The molecule has 0 heterocycles. The number of alkyl halides is 3. The topological polar surface area (TPSA) is 26.0 Å². The van der Waals surface area contributed by atoms with E-state index < -0.39 is 12.1 Å². The van der Waals surface area contributed by atoms with Crippen molar-refractivity contribution in [3.05, 3.63) is 0 Å². The first-order chi connectivity index (χ1) is 6.02. The fourth-order valence-corrected chi connectivity index (χ4v) is 1.46. The highest BCUT2D eigenvalue weighted by molar-refractivity contribution is 4.75. The van der Waals surface area contributed by atoms with Gasteiger partial charge in [-0.05, 0) is 18.3 Å². The van der Waals surface area contributed by atoms with Gasteiger partial charge in [0.05, 0.1) is 5.92 Å². The van der Waals surface area contributed by atoms with Gasteiger partial charge in [0.1, 0.15) is 0 Å². The van der Waals surface area contributed by atoms with Gasteiger partial charge in [-0.2, -0.15) is 13.2 Å². The van der Waals surface area contributed by atoms with E-state index in [1.54, 1.807) is 0 Å². The van der Waals surface area contributed by atoms with E-state index in [0.717, 1.165) is 0 Å². The van der Waals surface area contributed by atoms with Crippen LogP contribution < -0.4 is 5.73 Å². The molecule has 2 atom stereocenters. The Morgan fingerprint density at radius 1 is 1.14 bits per heavy atom. The van der Waals surface area contributed by atoms with Crippen molar-refractivity contribution in [2.75, 3.05) is 0 Å². The summed E-state index contributed by atoms with van der Waals surface area (Å²) in [5, 5.41) is 0. The summed E-state index contributed by atoms with van der Waals surface area (Å²) in [6.45, 7) is 7.11.